The van der Waals surface area contributed by atoms with E-state index in [-0.39, 0.29) is 18.0 Å². The Morgan fingerprint density at radius 2 is 2.11 bits per heavy atom. The topological polar surface area (TPSA) is 46.3 Å². The molecule has 0 saturated carbocycles. The maximum absolute atomic E-state index is 12.2. The quantitative estimate of drug-likeness (QED) is 0.929. The lowest BCUT2D eigenvalue weighted by Crippen LogP contribution is -2.48. The van der Waals surface area contributed by atoms with Crippen LogP contribution in [0, 0.1) is 0 Å². The molecule has 1 aromatic rings. The van der Waals surface area contributed by atoms with Gasteiger partial charge in [-0.1, -0.05) is 28.1 Å². The van der Waals surface area contributed by atoms with Crippen LogP contribution in [0.1, 0.15) is 31.7 Å². The van der Waals surface area contributed by atoms with E-state index < -0.39 is 0 Å². The van der Waals surface area contributed by atoms with Gasteiger partial charge in [-0.25, -0.2) is 0 Å². The number of amides is 1. The first-order valence-electron chi connectivity index (χ1n) is 6.86. The third kappa shape index (κ3) is 4.05. The van der Waals surface area contributed by atoms with Gasteiger partial charge < -0.3 is 10.6 Å². The molecule has 1 aliphatic rings. The van der Waals surface area contributed by atoms with E-state index in [1.165, 1.54) is 5.56 Å². The lowest BCUT2D eigenvalue weighted by molar-refractivity contribution is -0.134. The minimum absolute atomic E-state index is 0.252. The Morgan fingerprint density at radius 1 is 1.42 bits per heavy atom. The SMILES string of the molecule is CC1CC(N)CCN1C(=O)CCc1ccc(Br)cc1. The van der Waals surface area contributed by atoms with Crippen molar-refractivity contribution in [1.29, 1.82) is 0 Å². The number of carbonyl (C=O) groups excluding carboxylic acids is 1. The van der Waals surface area contributed by atoms with Crippen LogP contribution >= 0.6 is 15.9 Å². The molecule has 1 amide bonds. The Morgan fingerprint density at radius 3 is 2.74 bits per heavy atom. The van der Waals surface area contributed by atoms with E-state index in [4.69, 9.17) is 5.73 Å². The molecule has 1 fully saturated rings. The molecule has 0 aliphatic carbocycles. The molecule has 0 radical (unpaired) electrons. The summed E-state index contributed by atoms with van der Waals surface area (Å²) in [5.74, 6) is 0.252. The number of aryl methyl sites for hydroxylation is 1. The molecule has 2 rings (SSSR count). The summed E-state index contributed by atoms with van der Waals surface area (Å²) in [6.45, 7) is 2.90. The molecule has 0 bridgehead atoms. The van der Waals surface area contributed by atoms with E-state index in [0.29, 0.717) is 6.42 Å². The molecule has 1 aliphatic heterocycles. The maximum Gasteiger partial charge on any atom is 0.223 e. The van der Waals surface area contributed by atoms with Gasteiger partial charge in [0.1, 0.15) is 0 Å². The van der Waals surface area contributed by atoms with Gasteiger partial charge in [0.25, 0.3) is 0 Å². The summed E-state index contributed by atoms with van der Waals surface area (Å²) >= 11 is 3.41. The zero-order chi connectivity index (χ0) is 13.8. The zero-order valence-corrected chi connectivity index (χ0v) is 12.9. The van der Waals surface area contributed by atoms with Crippen LogP contribution in [0.25, 0.3) is 0 Å². The van der Waals surface area contributed by atoms with Crippen molar-refractivity contribution in [2.24, 2.45) is 5.73 Å². The molecular weight excluding hydrogens is 304 g/mol. The van der Waals surface area contributed by atoms with Crippen molar-refractivity contribution in [2.75, 3.05) is 6.54 Å². The van der Waals surface area contributed by atoms with Gasteiger partial charge in [-0.2, -0.15) is 0 Å². The fraction of sp³-hybridized carbons (Fsp3) is 0.533. The lowest BCUT2D eigenvalue weighted by Gasteiger charge is -2.36. The van der Waals surface area contributed by atoms with Crippen molar-refractivity contribution >= 4 is 21.8 Å². The number of carbonyl (C=O) groups is 1. The van der Waals surface area contributed by atoms with Gasteiger partial charge in [-0.05, 0) is 43.9 Å². The summed E-state index contributed by atoms with van der Waals surface area (Å²) in [6.07, 6.45) is 3.24. The zero-order valence-electron chi connectivity index (χ0n) is 11.3. The Hall–Kier alpha value is -0.870. The molecule has 3 nitrogen and oxygen atoms in total. The number of nitrogens with two attached hydrogens (primary N) is 1. The van der Waals surface area contributed by atoms with Crippen molar-refractivity contribution in [3.05, 3.63) is 34.3 Å². The second-order valence-corrected chi connectivity index (χ2v) is 6.26. The number of piperidine rings is 1. The molecule has 1 saturated heterocycles. The molecule has 2 atom stereocenters. The lowest BCUT2D eigenvalue weighted by atomic mass is 9.98. The fourth-order valence-corrected chi connectivity index (χ4v) is 2.89. The van der Waals surface area contributed by atoms with Gasteiger partial charge in [0.2, 0.25) is 5.91 Å². The first-order valence-corrected chi connectivity index (χ1v) is 7.65. The van der Waals surface area contributed by atoms with E-state index in [1.54, 1.807) is 0 Å². The Labute approximate surface area is 123 Å². The van der Waals surface area contributed by atoms with Crippen LogP contribution in [0.15, 0.2) is 28.7 Å². The first kappa shape index (κ1) is 14.5. The summed E-state index contributed by atoms with van der Waals surface area (Å²) in [5.41, 5.74) is 7.13. The average molecular weight is 325 g/mol. The van der Waals surface area contributed by atoms with Crippen LogP contribution in [0.4, 0.5) is 0 Å². The fourth-order valence-electron chi connectivity index (χ4n) is 2.62. The van der Waals surface area contributed by atoms with E-state index >= 15 is 0 Å². The second-order valence-electron chi connectivity index (χ2n) is 5.35. The Bertz CT molecular complexity index is 432. The van der Waals surface area contributed by atoms with Crippen LogP contribution < -0.4 is 5.73 Å². The summed E-state index contributed by atoms with van der Waals surface area (Å²) in [4.78, 5) is 14.2. The average Bonchev–Trinajstić information content (AvgIpc) is 2.37. The number of likely N-dealkylation sites (tertiary alicyclic amines) is 1. The highest BCUT2D eigenvalue weighted by atomic mass is 79.9. The largest absolute Gasteiger partial charge is 0.340 e. The molecule has 19 heavy (non-hydrogen) atoms. The molecule has 104 valence electrons. The highest BCUT2D eigenvalue weighted by Crippen LogP contribution is 2.18. The van der Waals surface area contributed by atoms with Crippen LogP contribution in [-0.2, 0) is 11.2 Å². The van der Waals surface area contributed by atoms with Gasteiger partial charge in [0.05, 0.1) is 0 Å². The Balaban J connectivity index is 1.85. The third-order valence-electron chi connectivity index (χ3n) is 3.78. The summed E-state index contributed by atoms with van der Waals surface area (Å²) in [7, 11) is 0. The molecule has 1 heterocycles. The highest BCUT2D eigenvalue weighted by Gasteiger charge is 2.26. The van der Waals surface area contributed by atoms with Crippen LogP contribution in [0.2, 0.25) is 0 Å². The minimum atomic E-state index is 0.252. The minimum Gasteiger partial charge on any atom is -0.340 e. The molecule has 0 spiro atoms. The number of nitrogens with zero attached hydrogens (tertiary/aromatic N) is 1. The van der Waals surface area contributed by atoms with Crippen molar-refractivity contribution in [1.82, 2.24) is 4.90 Å². The summed E-state index contributed by atoms with van der Waals surface area (Å²) < 4.78 is 1.07. The standard InChI is InChI=1S/C15H21BrN2O/c1-11-10-14(17)8-9-18(11)15(19)7-4-12-2-5-13(16)6-3-12/h2-3,5-6,11,14H,4,7-10,17H2,1H3. The summed E-state index contributed by atoms with van der Waals surface area (Å²) in [5, 5.41) is 0. The van der Waals surface area contributed by atoms with Crippen LogP contribution in [0.3, 0.4) is 0 Å². The predicted molar refractivity (Wildman–Crippen MR) is 80.8 cm³/mol. The number of hydrogen-bond donors (Lipinski definition) is 1. The highest BCUT2D eigenvalue weighted by molar-refractivity contribution is 9.10. The second kappa shape index (κ2) is 6.53. The first-order chi connectivity index (χ1) is 9.06. The molecule has 2 unspecified atom stereocenters. The smallest absolute Gasteiger partial charge is 0.223 e. The predicted octanol–water partition coefficient (Wildman–Crippen LogP) is 2.72. The van der Waals surface area contributed by atoms with Crippen molar-refractivity contribution in [3.8, 4) is 0 Å². The normalized spacial score (nSPS) is 23.4. The molecule has 1 aromatic carbocycles. The van der Waals surface area contributed by atoms with Gasteiger partial charge in [0.15, 0.2) is 0 Å². The van der Waals surface area contributed by atoms with Crippen LogP contribution in [0.5, 0.6) is 0 Å². The molecule has 2 N–H and O–H groups in total. The third-order valence-corrected chi connectivity index (χ3v) is 4.31. The van der Waals surface area contributed by atoms with Gasteiger partial charge >= 0.3 is 0 Å². The molecule has 4 heteroatoms. The number of hydrogen-bond acceptors (Lipinski definition) is 2. The Kier molecular flexibility index (Phi) is 4.99. The van der Waals surface area contributed by atoms with E-state index in [0.717, 1.165) is 30.3 Å². The molecular formula is C15H21BrN2O. The van der Waals surface area contributed by atoms with E-state index in [1.807, 2.05) is 17.0 Å². The van der Waals surface area contributed by atoms with Crippen LogP contribution in [-0.4, -0.2) is 29.4 Å². The van der Waals surface area contributed by atoms with Crippen molar-refractivity contribution in [2.45, 2.75) is 44.7 Å². The van der Waals surface area contributed by atoms with Gasteiger partial charge in [-0.3, -0.25) is 4.79 Å². The summed E-state index contributed by atoms with van der Waals surface area (Å²) in [6, 6.07) is 8.69. The monoisotopic (exact) mass is 324 g/mol. The number of rotatable bonds is 3. The van der Waals surface area contributed by atoms with Crippen molar-refractivity contribution < 1.29 is 4.79 Å². The van der Waals surface area contributed by atoms with Crippen molar-refractivity contribution in [3.63, 3.8) is 0 Å². The van der Waals surface area contributed by atoms with Gasteiger partial charge in [-0.15, -0.1) is 0 Å². The number of benzene rings is 1. The maximum atomic E-state index is 12.2. The number of halogens is 1. The van der Waals surface area contributed by atoms with E-state index in [2.05, 4.69) is 35.0 Å². The van der Waals surface area contributed by atoms with Gasteiger partial charge in [0, 0.05) is 29.5 Å². The molecule has 0 aromatic heterocycles. The van der Waals surface area contributed by atoms with E-state index in [9.17, 15) is 4.79 Å².